The highest BCUT2D eigenvalue weighted by atomic mass is 16.5. The van der Waals surface area contributed by atoms with Crippen LogP contribution in [-0.2, 0) is 14.3 Å². The highest BCUT2D eigenvalue weighted by Crippen LogP contribution is 2.40. The number of anilines is 1. The lowest BCUT2D eigenvalue weighted by Gasteiger charge is -2.41. The highest BCUT2D eigenvalue weighted by molar-refractivity contribution is 5.80. The van der Waals surface area contributed by atoms with Crippen LogP contribution in [-0.4, -0.2) is 62.7 Å². The molecule has 0 aliphatic carbocycles. The Morgan fingerprint density at radius 3 is 2.47 bits per heavy atom. The molecular formula is C38H48N4O5. The Balaban J connectivity index is 1.56. The van der Waals surface area contributed by atoms with Gasteiger partial charge in [0.05, 0.1) is 28.6 Å². The van der Waals surface area contributed by atoms with Crippen molar-refractivity contribution < 1.29 is 24.1 Å². The molecule has 250 valence electrons. The molecule has 7 rings (SSSR count). The third-order valence-electron chi connectivity index (χ3n) is 9.48. The van der Waals surface area contributed by atoms with Crippen LogP contribution in [0.15, 0.2) is 42.5 Å². The predicted molar refractivity (Wildman–Crippen MR) is 184 cm³/mol. The molecule has 3 aliphatic rings. The van der Waals surface area contributed by atoms with E-state index in [9.17, 15) is 9.90 Å². The Kier molecular flexibility index (Phi) is 8.82. The van der Waals surface area contributed by atoms with Gasteiger partial charge in [0.15, 0.2) is 11.8 Å². The van der Waals surface area contributed by atoms with Crippen molar-refractivity contribution in [2.45, 2.75) is 104 Å². The molecule has 1 saturated heterocycles. The van der Waals surface area contributed by atoms with Crippen molar-refractivity contribution >= 4 is 17.4 Å². The number of hydrogen-bond acceptors (Lipinski definition) is 7. The Hall–Kier alpha value is -3.95. The molecular weight excluding hydrogens is 592 g/mol. The van der Waals surface area contributed by atoms with E-state index in [1.54, 1.807) is 0 Å². The monoisotopic (exact) mass is 640 g/mol. The number of aliphatic carboxylic acids is 1. The van der Waals surface area contributed by atoms with E-state index in [2.05, 4.69) is 62.9 Å². The Morgan fingerprint density at radius 1 is 1.06 bits per heavy atom. The van der Waals surface area contributed by atoms with Crippen molar-refractivity contribution in [3.05, 3.63) is 64.8 Å². The van der Waals surface area contributed by atoms with Gasteiger partial charge < -0.3 is 24.2 Å². The van der Waals surface area contributed by atoms with Crippen molar-refractivity contribution in [2.24, 2.45) is 0 Å². The zero-order valence-corrected chi connectivity index (χ0v) is 29.0. The fourth-order valence-corrected chi connectivity index (χ4v) is 6.71. The van der Waals surface area contributed by atoms with Gasteiger partial charge in [-0.2, -0.15) is 9.61 Å². The van der Waals surface area contributed by atoms with Crippen LogP contribution < -0.4 is 9.64 Å². The molecule has 9 nitrogen and oxygen atoms in total. The summed E-state index contributed by atoms with van der Waals surface area (Å²) in [7, 11) is 0. The standard InChI is InChI=1S/C38H48N4O5/c1-23-19-29-27-12-9-13-28(21-27)30-22-32-39-26(4)33(34(36(43)44)47-37(5,6)7)35(42(32)40-30)41-16-14-38(8,15-17-41)45-18-10-11-25(3)46-31(29)20-24(23)2/h9,12-13,19-22,25,34H,10-11,14-18H2,1-8H3,(H,43,44)/t25-,34-/m0/s1. The molecule has 6 bridgehead atoms. The molecule has 0 radical (unpaired) electrons. The van der Waals surface area contributed by atoms with Gasteiger partial charge in [-0.1, -0.05) is 18.2 Å². The molecule has 0 spiro atoms. The SMILES string of the molecule is Cc1cc2c(cc1C)-c1cccc(c1)-c1cc3nc(C)c([C@H](OC(C)(C)C)C(=O)O)c(n3n1)N1CCC(C)(CC1)OCCC[C@H](C)O2. The summed E-state index contributed by atoms with van der Waals surface area (Å²) in [4.78, 5) is 20.0. The maximum atomic E-state index is 12.8. The molecule has 0 saturated carbocycles. The first kappa shape index (κ1) is 33.0. The molecule has 2 atom stereocenters. The molecule has 0 unspecified atom stereocenters. The van der Waals surface area contributed by atoms with Crippen LogP contribution in [0.25, 0.3) is 28.0 Å². The van der Waals surface area contributed by atoms with Gasteiger partial charge in [0.1, 0.15) is 11.6 Å². The number of carbonyl (C=O) groups is 1. The number of rotatable bonds is 3. The van der Waals surface area contributed by atoms with Crippen LogP contribution in [0.4, 0.5) is 5.82 Å². The van der Waals surface area contributed by atoms with Crippen molar-refractivity contribution in [3.63, 3.8) is 0 Å². The van der Waals surface area contributed by atoms with E-state index in [1.807, 2.05) is 44.3 Å². The van der Waals surface area contributed by atoms with Crippen LogP contribution in [0.5, 0.6) is 5.75 Å². The van der Waals surface area contributed by atoms with Crippen LogP contribution in [0.2, 0.25) is 0 Å². The molecule has 47 heavy (non-hydrogen) atoms. The number of aryl methyl sites for hydroxylation is 3. The van der Waals surface area contributed by atoms with Gasteiger partial charge in [-0.25, -0.2) is 9.78 Å². The maximum Gasteiger partial charge on any atom is 0.337 e. The molecule has 2 aromatic heterocycles. The summed E-state index contributed by atoms with van der Waals surface area (Å²) in [5.74, 6) is 0.528. The first-order valence-electron chi connectivity index (χ1n) is 16.8. The minimum absolute atomic E-state index is 0.0280. The molecule has 3 aliphatic heterocycles. The largest absolute Gasteiger partial charge is 0.490 e. The molecule has 1 N–H and O–H groups in total. The van der Waals surface area contributed by atoms with E-state index in [-0.39, 0.29) is 11.7 Å². The lowest BCUT2D eigenvalue weighted by molar-refractivity contribution is -0.160. The molecule has 0 amide bonds. The number of aromatic nitrogens is 3. The first-order valence-corrected chi connectivity index (χ1v) is 16.8. The first-order chi connectivity index (χ1) is 22.2. The number of fused-ring (bicyclic) bond motifs is 7. The summed E-state index contributed by atoms with van der Waals surface area (Å²) in [6, 6.07) is 14.7. The zero-order valence-electron chi connectivity index (χ0n) is 29.0. The second kappa shape index (κ2) is 12.6. The summed E-state index contributed by atoms with van der Waals surface area (Å²) < 4.78 is 21.2. The van der Waals surface area contributed by atoms with Gasteiger partial charge in [-0.3, -0.25) is 0 Å². The fraction of sp³-hybridized carbons (Fsp3) is 0.500. The smallest absolute Gasteiger partial charge is 0.337 e. The number of piperidine rings is 1. The Morgan fingerprint density at radius 2 is 1.77 bits per heavy atom. The van der Waals surface area contributed by atoms with E-state index in [0.29, 0.717) is 42.4 Å². The van der Waals surface area contributed by atoms with Crippen LogP contribution in [0, 0.1) is 20.8 Å². The van der Waals surface area contributed by atoms with Crippen molar-refractivity contribution in [2.75, 3.05) is 24.6 Å². The summed E-state index contributed by atoms with van der Waals surface area (Å²) in [6.45, 7) is 18.1. The number of ether oxygens (including phenoxy) is 3. The van der Waals surface area contributed by atoms with Gasteiger partial charge in [0.2, 0.25) is 0 Å². The van der Waals surface area contributed by atoms with E-state index < -0.39 is 17.7 Å². The summed E-state index contributed by atoms with van der Waals surface area (Å²) in [5.41, 5.74) is 6.98. The fourth-order valence-electron chi connectivity index (χ4n) is 6.71. The average Bonchev–Trinajstić information content (AvgIpc) is 3.43. The van der Waals surface area contributed by atoms with Gasteiger partial charge in [0.25, 0.3) is 0 Å². The summed E-state index contributed by atoms with van der Waals surface area (Å²) >= 11 is 0. The third kappa shape index (κ3) is 6.87. The second-order valence-corrected chi connectivity index (χ2v) is 14.6. The van der Waals surface area contributed by atoms with Crippen LogP contribution in [0.3, 0.4) is 0 Å². The second-order valence-electron chi connectivity index (χ2n) is 14.6. The molecule has 4 aromatic rings. The minimum Gasteiger partial charge on any atom is -0.490 e. The van der Waals surface area contributed by atoms with Gasteiger partial charge in [-0.05, 0) is 116 Å². The average molecular weight is 641 g/mol. The number of benzene rings is 2. The van der Waals surface area contributed by atoms with E-state index in [1.165, 1.54) is 11.1 Å². The van der Waals surface area contributed by atoms with Crippen molar-refractivity contribution in [1.29, 1.82) is 0 Å². The highest BCUT2D eigenvalue weighted by Gasteiger charge is 2.38. The van der Waals surface area contributed by atoms with E-state index >= 15 is 0 Å². The number of hydrogen-bond donors (Lipinski definition) is 1. The van der Waals surface area contributed by atoms with E-state index in [0.717, 1.165) is 53.8 Å². The maximum absolute atomic E-state index is 12.8. The van der Waals surface area contributed by atoms with Crippen molar-refractivity contribution in [1.82, 2.24) is 14.6 Å². The van der Waals surface area contributed by atoms with Crippen LogP contribution in [0.1, 0.15) is 88.8 Å². The molecule has 9 heteroatoms. The Labute approximate surface area is 277 Å². The van der Waals surface area contributed by atoms with Gasteiger partial charge >= 0.3 is 5.97 Å². The molecule has 2 aromatic carbocycles. The van der Waals surface area contributed by atoms with E-state index in [4.69, 9.17) is 24.3 Å². The topological polar surface area (TPSA) is 98.4 Å². The number of carboxylic acid groups (broad SMARTS) is 1. The number of carboxylic acids is 1. The normalized spacial score (nSPS) is 21.1. The lowest BCUT2D eigenvalue weighted by atomic mass is 9.92. The molecule has 5 heterocycles. The summed E-state index contributed by atoms with van der Waals surface area (Å²) in [5, 5.41) is 15.6. The quantitative estimate of drug-likeness (QED) is 0.242. The molecule has 1 fully saturated rings. The summed E-state index contributed by atoms with van der Waals surface area (Å²) in [6.07, 6.45) is 2.18. The van der Waals surface area contributed by atoms with Crippen molar-refractivity contribution in [3.8, 4) is 28.1 Å². The lowest BCUT2D eigenvalue weighted by Crippen LogP contribution is -2.46. The third-order valence-corrected chi connectivity index (χ3v) is 9.48. The van der Waals surface area contributed by atoms with Gasteiger partial charge in [0, 0.05) is 42.6 Å². The predicted octanol–water partition coefficient (Wildman–Crippen LogP) is 7.87. The van der Waals surface area contributed by atoms with Gasteiger partial charge in [-0.15, -0.1) is 0 Å². The Bertz CT molecular complexity index is 1800. The van der Waals surface area contributed by atoms with Crippen LogP contribution >= 0.6 is 0 Å². The minimum atomic E-state index is -1.21. The zero-order chi connectivity index (χ0) is 33.7. The number of nitrogens with zero attached hydrogens (tertiary/aromatic N) is 4.